The normalized spacial score (nSPS) is 22.4. The van der Waals surface area contributed by atoms with E-state index in [1.165, 1.54) is 13.2 Å². The zero-order valence-electron chi connectivity index (χ0n) is 19.1. The lowest BCUT2D eigenvalue weighted by molar-refractivity contribution is 0.193. The van der Waals surface area contributed by atoms with Crippen molar-refractivity contribution in [1.82, 2.24) is 4.31 Å². The van der Waals surface area contributed by atoms with E-state index in [1.54, 1.807) is 46.8 Å². The fourth-order valence-corrected chi connectivity index (χ4v) is 7.09. The van der Waals surface area contributed by atoms with Gasteiger partial charge in [0, 0.05) is 30.8 Å². The molecule has 0 spiro atoms. The summed E-state index contributed by atoms with van der Waals surface area (Å²) in [6.07, 6.45) is 0.624. The molecule has 2 aliphatic heterocycles. The van der Waals surface area contributed by atoms with Crippen molar-refractivity contribution >= 4 is 15.7 Å². The van der Waals surface area contributed by atoms with Crippen molar-refractivity contribution in [2.45, 2.75) is 23.4 Å². The predicted molar refractivity (Wildman–Crippen MR) is 129 cm³/mol. The van der Waals surface area contributed by atoms with Crippen molar-refractivity contribution in [3.05, 3.63) is 78.1 Å². The molecule has 2 aliphatic rings. The van der Waals surface area contributed by atoms with Crippen LogP contribution >= 0.6 is 0 Å². The molecule has 0 bridgehead atoms. The molecule has 0 unspecified atom stereocenters. The number of hydrogen-bond donors (Lipinski definition) is 1. The summed E-state index contributed by atoms with van der Waals surface area (Å²) in [6, 6.07) is 17.9. The van der Waals surface area contributed by atoms with Gasteiger partial charge in [-0.05, 0) is 60.0 Å². The van der Waals surface area contributed by atoms with E-state index in [0.717, 1.165) is 11.3 Å². The lowest BCUT2D eigenvalue weighted by atomic mass is 9.81. The fourth-order valence-electron chi connectivity index (χ4n) is 5.43. The van der Waals surface area contributed by atoms with Crippen molar-refractivity contribution in [3.8, 4) is 16.9 Å². The van der Waals surface area contributed by atoms with Crippen LogP contribution in [0.1, 0.15) is 18.0 Å². The highest BCUT2D eigenvalue weighted by Crippen LogP contribution is 2.51. The summed E-state index contributed by atoms with van der Waals surface area (Å²) in [6.45, 7) is 0.264. The smallest absolute Gasteiger partial charge is 0.243 e. The molecule has 6 nitrogen and oxygen atoms in total. The number of halogens is 1. The highest BCUT2D eigenvalue weighted by atomic mass is 32.2. The van der Waals surface area contributed by atoms with Crippen molar-refractivity contribution < 1.29 is 22.7 Å². The van der Waals surface area contributed by atoms with Gasteiger partial charge >= 0.3 is 0 Å². The third-order valence-corrected chi connectivity index (χ3v) is 9.05. The van der Waals surface area contributed by atoms with Crippen LogP contribution in [-0.4, -0.2) is 51.2 Å². The summed E-state index contributed by atoms with van der Waals surface area (Å²) in [7, 11) is -0.358. The molecular weight excluding hydrogens is 455 g/mol. The lowest BCUT2D eigenvalue weighted by Crippen LogP contribution is -2.48. The molecule has 178 valence electrons. The van der Waals surface area contributed by atoms with Crippen LogP contribution in [0.2, 0.25) is 0 Å². The van der Waals surface area contributed by atoms with Gasteiger partial charge in [-0.1, -0.05) is 24.3 Å². The molecule has 34 heavy (non-hydrogen) atoms. The molecule has 0 amide bonds. The van der Waals surface area contributed by atoms with Crippen LogP contribution < -0.4 is 9.64 Å². The third kappa shape index (κ3) is 3.57. The second-order valence-corrected chi connectivity index (χ2v) is 10.7. The van der Waals surface area contributed by atoms with E-state index in [0.29, 0.717) is 29.8 Å². The number of hydrogen-bond acceptors (Lipinski definition) is 5. The Morgan fingerprint density at radius 3 is 2.50 bits per heavy atom. The molecule has 3 aromatic rings. The van der Waals surface area contributed by atoms with Gasteiger partial charge in [-0.3, -0.25) is 0 Å². The van der Waals surface area contributed by atoms with E-state index >= 15 is 0 Å². The Balaban J connectivity index is 1.63. The minimum Gasteiger partial charge on any atom is -0.497 e. The van der Waals surface area contributed by atoms with Gasteiger partial charge in [0.2, 0.25) is 10.0 Å². The van der Waals surface area contributed by atoms with Crippen LogP contribution in [0, 0.1) is 11.7 Å². The highest BCUT2D eigenvalue weighted by molar-refractivity contribution is 7.89. The number of ether oxygens (including phenoxy) is 1. The number of sulfonamides is 1. The minimum absolute atomic E-state index is 0.0808. The molecule has 0 aromatic heterocycles. The summed E-state index contributed by atoms with van der Waals surface area (Å²) in [5.41, 5.74) is 2.83. The van der Waals surface area contributed by atoms with Crippen LogP contribution in [0.4, 0.5) is 10.1 Å². The van der Waals surface area contributed by atoms with Gasteiger partial charge in [-0.25, -0.2) is 12.8 Å². The first-order valence-corrected chi connectivity index (χ1v) is 12.7. The van der Waals surface area contributed by atoms with Crippen LogP contribution in [0.5, 0.6) is 5.75 Å². The second kappa shape index (κ2) is 8.69. The van der Waals surface area contributed by atoms with E-state index in [4.69, 9.17) is 4.74 Å². The van der Waals surface area contributed by atoms with Crippen LogP contribution in [0.25, 0.3) is 11.1 Å². The monoisotopic (exact) mass is 482 g/mol. The molecule has 1 saturated heterocycles. The number of aliphatic hydroxyl groups is 1. The van der Waals surface area contributed by atoms with Gasteiger partial charge in [0.15, 0.2) is 0 Å². The first-order chi connectivity index (χ1) is 16.4. The predicted octanol–water partition coefficient (Wildman–Crippen LogP) is 4.06. The summed E-state index contributed by atoms with van der Waals surface area (Å²) in [5, 5.41) is 10.2. The standard InChI is InChI=1S/C26H27FN2O4S/c1-28-24-12-7-17(20-5-3-4-6-23(20)27)15-22(24)26-21(25(28)16-30)13-14-29(26)34(31,32)19-10-8-18(33-2)9-11-19/h3-12,15,21,25-26,30H,13-14,16H2,1-2H3/t21-,25+,26-/m1/s1. The van der Waals surface area contributed by atoms with E-state index in [9.17, 15) is 17.9 Å². The van der Waals surface area contributed by atoms with Crippen molar-refractivity contribution in [2.75, 3.05) is 32.2 Å². The summed E-state index contributed by atoms with van der Waals surface area (Å²) in [5.74, 6) is 0.162. The average Bonchev–Trinajstić information content (AvgIpc) is 3.30. The second-order valence-electron chi connectivity index (χ2n) is 8.80. The molecule has 3 atom stereocenters. The molecule has 2 heterocycles. The number of aliphatic hydroxyl groups excluding tert-OH is 1. The Morgan fingerprint density at radius 1 is 1.09 bits per heavy atom. The van der Waals surface area contributed by atoms with E-state index in [2.05, 4.69) is 0 Å². The largest absolute Gasteiger partial charge is 0.497 e. The quantitative estimate of drug-likeness (QED) is 0.594. The maximum atomic E-state index is 14.6. The maximum Gasteiger partial charge on any atom is 0.243 e. The molecule has 8 heteroatoms. The zero-order chi connectivity index (χ0) is 24.0. The van der Waals surface area contributed by atoms with Gasteiger partial charge in [-0.2, -0.15) is 4.31 Å². The van der Waals surface area contributed by atoms with Gasteiger partial charge in [0.05, 0.1) is 30.7 Å². The van der Waals surface area contributed by atoms with Gasteiger partial charge in [0.25, 0.3) is 0 Å². The van der Waals surface area contributed by atoms with Gasteiger partial charge in [-0.15, -0.1) is 0 Å². The first kappa shape index (κ1) is 22.8. The Morgan fingerprint density at radius 2 is 1.82 bits per heavy atom. The number of rotatable bonds is 5. The highest BCUT2D eigenvalue weighted by Gasteiger charge is 2.50. The first-order valence-electron chi connectivity index (χ1n) is 11.2. The Hall–Kier alpha value is -2.94. The van der Waals surface area contributed by atoms with E-state index in [1.807, 2.05) is 30.1 Å². The minimum atomic E-state index is -3.81. The molecule has 5 rings (SSSR count). The SMILES string of the molecule is COc1ccc(S(=O)(=O)N2CC[C@@H]3[C@H](CO)N(C)c4ccc(-c5ccccc5F)cc4[C@@H]32)cc1. The van der Waals surface area contributed by atoms with Crippen LogP contribution in [-0.2, 0) is 10.0 Å². The number of nitrogens with zero attached hydrogens (tertiary/aromatic N) is 2. The molecule has 1 fully saturated rings. The van der Waals surface area contributed by atoms with E-state index < -0.39 is 16.1 Å². The average molecular weight is 483 g/mol. The van der Waals surface area contributed by atoms with Crippen LogP contribution in [0.15, 0.2) is 71.6 Å². The van der Waals surface area contributed by atoms with Crippen molar-refractivity contribution in [2.24, 2.45) is 5.92 Å². The number of anilines is 1. The zero-order valence-corrected chi connectivity index (χ0v) is 19.9. The number of fused-ring (bicyclic) bond motifs is 3. The summed E-state index contributed by atoms with van der Waals surface area (Å²) >= 11 is 0. The lowest BCUT2D eigenvalue weighted by Gasteiger charge is -2.44. The van der Waals surface area contributed by atoms with Crippen LogP contribution in [0.3, 0.4) is 0 Å². The molecule has 3 aromatic carbocycles. The summed E-state index contributed by atoms with van der Waals surface area (Å²) in [4.78, 5) is 2.21. The summed E-state index contributed by atoms with van der Waals surface area (Å²) < 4.78 is 48.7. The molecule has 0 radical (unpaired) electrons. The van der Waals surface area contributed by atoms with Crippen molar-refractivity contribution in [3.63, 3.8) is 0 Å². The molecule has 0 aliphatic carbocycles. The van der Waals surface area contributed by atoms with Crippen molar-refractivity contribution in [1.29, 1.82) is 0 Å². The number of benzene rings is 3. The molecule has 0 saturated carbocycles. The molecule has 1 N–H and O–H groups in total. The molecular formula is C26H27FN2O4S. The van der Waals surface area contributed by atoms with Gasteiger partial charge in [0.1, 0.15) is 11.6 Å². The van der Waals surface area contributed by atoms with E-state index in [-0.39, 0.29) is 29.3 Å². The number of methoxy groups -OCH3 is 1. The number of likely N-dealkylation sites (N-methyl/N-ethyl adjacent to an activating group) is 1. The Labute approximate surface area is 199 Å². The van der Waals surface area contributed by atoms with Gasteiger partial charge < -0.3 is 14.7 Å². The maximum absolute atomic E-state index is 14.6. The Bertz CT molecular complexity index is 1310. The third-order valence-electron chi connectivity index (χ3n) is 7.15. The Kier molecular flexibility index (Phi) is 5.83. The fraction of sp³-hybridized carbons (Fsp3) is 0.308. The topological polar surface area (TPSA) is 70.1 Å².